The van der Waals surface area contributed by atoms with Gasteiger partial charge in [-0.1, -0.05) is 17.7 Å². The Morgan fingerprint density at radius 2 is 2.20 bits per heavy atom. The fourth-order valence-electron chi connectivity index (χ4n) is 2.17. The third-order valence-electron chi connectivity index (χ3n) is 3.31. The fraction of sp³-hybridized carbons (Fsp3) is 0.125. The van der Waals surface area contributed by atoms with Crippen LogP contribution in [0, 0.1) is 0 Å². The number of amides is 1. The van der Waals surface area contributed by atoms with Crippen LogP contribution in [0.5, 0.6) is 11.5 Å². The number of ether oxygens (including phenoxy) is 2. The van der Waals surface area contributed by atoms with Crippen molar-refractivity contribution in [2.24, 2.45) is 5.10 Å². The molecule has 0 aromatic heterocycles. The monoisotopic (exact) mass is 361 g/mol. The molecular formula is C16H16ClN5O3. The number of anilines is 2. The summed E-state index contributed by atoms with van der Waals surface area (Å²) in [5.41, 5.74) is 6.71. The van der Waals surface area contributed by atoms with E-state index in [0.29, 0.717) is 22.2 Å². The molecule has 1 heterocycles. The van der Waals surface area contributed by atoms with Crippen molar-refractivity contribution in [3.05, 3.63) is 47.5 Å². The molecule has 0 bridgehead atoms. The van der Waals surface area contributed by atoms with Crippen molar-refractivity contribution in [3.63, 3.8) is 0 Å². The van der Waals surface area contributed by atoms with Crippen LogP contribution < -0.4 is 30.9 Å². The highest BCUT2D eigenvalue weighted by Gasteiger charge is 2.11. The molecule has 2 aromatic rings. The van der Waals surface area contributed by atoms with Gasteiger partial charge in [-0.25, -0.2) is 10.5 Å². The van der Waals surface area contributed by atoms with Crippen molar-refractivity contribution in [1.29, 1.82) is 0 Å². The number of nitrogens with zero attached hydrogens (tertiary/aromatic N) is 2. The van der Waals surface area contributed by atoms with Crippen LogP contribution in [-0.2, 0) is 4.79 Å². The highest BCUT2D eigenvalue weighted by atomic mass is 35.5. The number of hydrogen-bond donors (Lipinski definition) is 3. The average Bonchev–Trinajstić information content (AvgIpc) is 3.15. The zero-order chi connectivity index (χ0) is 17.6. The lowest BCUT2D eigenvalue weighted by atomic mass is 10.3. The average molecular weight is 362 g/mol. The van der Waals surface area contributed by atoms with E-state index in [1.807, 2.05) is 12.1 Å². The normalized spacial score (nSPS) is 12.6. The minimum absolute atomic E-state index is 0.154. The Morgan fingerprint density at radius 1 is 1.32 bits per heavy atom. The molecule has 9 heteroatoms. The number of hydrazone groups is 1. The first-order valence-corrected chi connectivity index (χ1v) is 7.73. The Bertz CT molecular complexity index is 799. The van der Waals surface area contributed by atoms with Crippen molar-refractivity contribution in [3.8, 4) is 11.5 Å². The predicted molar refractivity (Wildman–Crippen MR) is 95.8 cm³/mol. The maximum Gasteiger partial charge on any atom is 0.262 e. The van der Waals surface area contributed by atoms with E-state index < -0.39 is 0 Å². The van der Waals surface area contributed by atoms with Crippen molar-refractivity contribution >= 4 is 35.2 Å². The molecule has 25 heavy (non-hydrogen) atoms. The smallest absolute Gasteiger partial charge is 0.262 e. The number of methoxy groups -OCH3 is 1. The third-order valence-corrected chi connectivity index (χ3v) is 3.54. The zero-order valence-electron chi connectivity index (χ0n) is 13.3. The van der Waals surface area contributed by atoms with Gasteiger partial charge in [-0.3, -0.25) is 4.79 Å². The summed E-state index contributed by atoms with van der Waals surface area (Å²) in [5.74, 6) is 0.743. The second-order valence-corrected chi connectivity index (χ2v) is 5.45. The molecule has 0 fully saturated rings. The van der Waals surface area contributed by atoms with Crippen molar-refractivity contribution in [2.45, 2.75) is 0 Å². The molecular weight excluding hydrogens is 346 g/mol. The first-order valence-electron chi connectivity index (χ1n) is 7.35. The van der Waals surface area contributed by atoms with Gasteiger partial charge < -0.3 is 14.8 Å². The van der Waals surface area contributed by atoms with Crippen molar-refractivity contribution < 1.29 is 14.3 Å². The summed E-state index contributed by atoms with van der Waals surface area (Å²) in [7, 11) is 1.52. The van der Waals surface area contributed by atoms with Crippen LogP contribution in [-0.4, -0.2) is 26.0 Å². The molecule has 1 aliphatic rings. The largest absolute Gasteiger partial charge is 0.495 e. The molecule has 0 saturated carbocycles. The molecule has 0 spiro atoms. The van der Waals surface area contributed by atoms with Gasteiger partial charge in [0.1, 0.15) is 17.8 Å². The van der Waals surface area contributed by atoms with Crippen LogP contribution in [0.1, 0.15) is 0 Å². The number of hydrazine groups is 2. The van der Waals surface area contributed by atoms with Gasteiger partial charge in [-0.2, -0.15) is 5.10 Å². The summed E-state index contributed by atoms with van der Waals surface area (Å²) >= 11 is 5.95. The molecule has 0 radical (unpaired) electrons. The number of hydrogen-bond acceptors (Lipinski definition) is 7. The van der Waals surface area contributed by atoms with E-state index in [9.17, 15) is 4.79 Å². The van der Waals surface area contributed by atoms with E-state index >= 15 is 0 Å². The molecule has 0 atom stereocenters. The summed E-state index contributed by atoms with van der Waals surface area (Å²) in [6.45, 7) is -0.154. The summed E-state index contributed by atoms with van der Waals surface area (Å²) in [5, 5.41) is 8.71. The molecule has 3 rings (SSSR count). The number of halogens is 1. The highest BCUT2D eigenvalue weighted by Crippen LogP contribution is 2.27. The molecule has 3 N–H and O–H groups in total. The second-order valence-electron chi connectivity index (χ2n) is 5.02. The van der Waals surface area contributed by atoms with E-state index in [2.05, 4.69) is 21.5 Å². The highest BCUT2D eigenvalue weighted by molar-refractivity contribution is 6.31. The number of nitrogens with one attached hydrogen (secondary N) is 3. The Hall–Kier alpha value is -2.97. The Labute approximate surface area is 149 Å². The number of carbonyl (C=O) groups is 1. The van der Waals surface area contributed by atoms with Crippen LogP contribution in [0.15, 0.2) is 47.6 Å². The molecule has 130 valence electrons. The minimum Gasteiger partial charge on any atom is -0.495 e. The van der Waals surface area contributed by atoms with Crippen LogP contribution in [0.25, 0.3) is 0 Å². The lowest BCUT2D eigenvalue weighted by Gasteiger charge is -2.15. The number of benzene rings is 2. The first kappa shape index (κ1) is 16.9. The lowest BCUT2D eigenvalue weighted by molar-refractivity contribution is -0.118. The molecule has 1 amide bonds. The van der Waals surface area contributed by atoms with E-state index in [0.717, 1.165) is 5.69 Å². The van der Waals surface area contributed by atoms with Gasteiger partial charge >= 0.3 is 0 Å². The maximum atomic E-state index is 12.1. The Morgan fingerprint density at radius 3 is 2.96 bits per heavy atom. The predicted octanol–water partition coefficient (Wildman–Crippen LogP) is 2.14. The number of carbonyl (C=O) groups excluding carboxylic acids is 1. The minimum atomic E-state index is -0.325. The van der Waals surface area contributed by atoms with E-state index in [1.54, 1.807) is 41.7 Å². The summed E-state index contributed by atoms with van der Waals surface area (Å²) < 4.78 is 10.7. The van der Waals surface area contributed by atoms with Crippen LogP contribution >= 0.6 is 11.6 Å². The standard InChI is InChI=1S/C16H16ClN5O3/c1-24-15-6-5-11(17)7-14(15)19-16(23)9-25-13-4-2-3-12(8-13)22-10-18-20-21-22/h2-8,10,20-21H,9H2,1H3,(H,19,23). The fourth-order valence-corrected chi connectivity index (χ4v) is 2.34. The lowest BCUT2D eigenvalue weighted by Crippen LogP contribution is -2.37. The van der Waals surface area contributed by atoms with Crippen LogP contribution in [0.3, 0.4) is 0 Å². The number of rotatable bonds is 6. The van der Waals surface area contributed by atoms with Gasteiger partial charge in [-0.05, 0) is 30.3 Å². The molecule has 8 nitrogen and oxygen atoms in total. The third kappa shape index (κ3) is 4.31. The topological polar surface area (TPSA) is 87.2 Å². The SMILES string of the molecule is COc1ccc(Cl)cc1NC(=O)COc1cccc(N2C=NNN2)c1. The first-order chi connectivity index (χ1) is 12.2. The van der Waals surface area contributed by atoms with Crippen LogP contribution in [0.2, 0.25) is 5.02 Å². The summed E-state index contributed by atoms with van der Waals surface area (Å²) in [6, 6.07) is 12.2. The van der Waals surface area contributed by atoms with Gasteiger partial charge in [0.25, 0.3) is 5.91 Å². The van der Waals surface area contributed by atoms with Gasteiger partial charge in [0.2, 0.25) is 0 Å². The quantitative estimate of drug-likeness (QED) is 0.730. The van der Waals surface area contributed by atoms with E-state index in [1.165, 1.54) is 7.11 Å². The summed E-state index contributed by atoms with van der Waals surface area (Å²) in [4.78, 5) is 12.1. The van der Waals surface area contributed by atoms with E-state index in [-0.39, 0.29) is 12.5 Å². The van der Waals surface area contributed by atoms with Gasteiger partial charge in [0, 0.05) is 11.1 Å². The van der Waals surface area contributed by atoms with Gasteiger partial charge in [-0.15, -0.1) is 5.53 Å². The van der Waals surface area contributed by atoms with Crippen LogP contribution in [0.4, 0.5) is 11.4 Å². The summed E-state index contributed by atoms with van der Waals surface area (Å²) in [6.07, 6.45) is 1.58. The molecule has 1 aliphatic heterocycles. The molecule has 0 saturated heterocycles. The molecule has 0 unspecified atom stereocenters. The Kier molecular flexibility index (Phi) is 5.22. The second kappa shape index (κ2) is 7.73. The van der Waals surface area contributed by atoms with Gasteiger partial charge in [0.05, 0.1) is 18.5 Å². The molecule has 0 aliphatic carbocycles. The Balaban J connectivity index is 1.60. The van der Waals surface area contributed by atoms with Gasteiger partial charge in [0.15, 0.2) is 6.61 Å². The van der Waals surface area contributed by atoms with E-state index in [4.69, 9.17) is 21.1 Å². The van der Waals surface area contributed by atoms with Crippen molar-refractivity contribution in [1.82, 2.24) is 11.1 Å². The zero-order valence-corrected chi connectivity index (χ0v) is 14.1. The maximum absolute atomic E-state index is 12.1. The molecule has 2 aromatic carbocycles. The van der Waals surface area contributed by atoms with Crippen molar-refractivity contribution in [2.75, 3.05) is 24.0 Å².